The molecule has 1 saturated heterocycles. The highest BCUT2D eigenvalue weighted by molar-refractivity contribution is 7.21. The van der Waals surface area contributed by atoms with Crippen LogP contribution in [-0.2, 0) is 4.79 Å². The van der Waals surface area contributed by atoms with E-state index in [0.717, 1.165) is 39.3 Å². The lowest BCUT2D eigenvalue weighted by atomic mass is 10.0. The van der Waals surface area contributed by atoms with Gasteiger partial charge in [-0.05, 0) is 37.1 Å². The van der Waals surface area contributed by atoms with Gasteiger partial charge in [0.05, 0.1) is 5.69 Å². The van der Waals surface area contributed by atoms with E-state index in [1.54, 1.807) is 19.2 Å². The summed E-state index contributed by atoms with van der Waals surface area (Å²) in [5.41, 5.74) is 3.33. The zero-order valence-electron chi connectivity index (χ0n) is 21.9. The Balaban J connectivity index is 1.29. The predicted octanol–water partition coefficient (Wildman–Crippen LogP) is 5.49. The van der Waals surface area contributed by atoms with Crippen molar-refractivity contribution in [3.8, 4) is 22.0 Å². The first-order chi connectivity index (χ1) is 19.5. The number of rotatable bonds is 6. The molecule has 0 unspecified atom stereocenters. The molecule has 0 spiro atoms. The van der Waals surface area contributed by atoms with Crippen LogP contribution in [-0.4, -0.2) is 55.8 Å². The number of hydrogen-bond acceptors (Lipinski definition) is 8. The van der Waals surface area contributed by atoms with Crippen molar-refractivity contribution in [2.75, 3.05) is 23.7 Å². The van der Waals surface area contributed by atoms with Crippen LogP contribution in [0.4, 0.5) is 11.5 Å². The summed E-state index contributed by atoms with van der Waals surface area (Å²) in [5.74, 6) is 0.780. The molecule has 5 aromatic rings. The maximum Gasteiger partial charge on any atom is 0.274 e. The van der Waals surface area contributed by atoms with E-state index in [9.17, 15) is 9.59 Å². The maximum atomic E-state index is 13.6. The van der Waals surface area contributed by atoms with E-state index in [0.29, 0.717) is 30.4 Å². The van der Waals surface area contributed by atoms with E-state index in [2.05, 4.69) is 20.6 Å². The van der Waals surface area contributed by atoms with Gasteiger partial charge in [-0.1, -0.05) is 53.8 Å². The van der Waals surface area contributed by atoms with Gasteiger partial charge in [0.2, 0.25) is 5.91 Å². The molecule has 0 radical (unpaired) electrons. The maximum absolute atomic E-state index is 13.6. The van der Waals surface area contributed by atoms with Gasteiger partial charge in [-0.15, -0.1) is 0 Å². The number of amides is 2. The van der Waals surface area contributed by atoms with Crippen molar-refractivity contribution in [1.29, 1.82) is 0 Å². The predicted molar refractivity (Wildman–Crippen MR) is 157 cm³/mol. The summed E-state index contributed by atoms with van der Waals surface area (Å²) in [4.78, 5) is 46.5. The Morgan fingerprint density at radius 3 is 2.48 bits per heavy atom. The molecule has 1 fully saturated rings. The van der Waals surface area contributed by atoms with Gasteiger partial charge >= 0.3 is 0 Å². The monoisotopic (exact) mass is 549 g/mol. The van der Waals surface area contributed by atoms with Crippen LogP contribution in [0.1, 0.15) is 30.3 Å². The molecule has 2 N–H and O–H groups in total. The summed E-state index contributed by atoms with van der Waals surface area (Å²) in [7, 11) is 0. The largest absolute Gasteiger partial charge is 0.367 e. The Morgan fingerprint density at radius 1 is 0.925 bits per heavy atom. The van der Waals surface area contributed by atoms with Crippen LogP contribution in [0.15, 0.2) is 79.0 Å². The summed E-state index contributed by atoms with van der Waals surface area (Å²) in [6.07, 6.45) is 3.35. The lowest BCUT2D eigenvalue weighted by Gasteiger charge is -2.32. The normalized spacial score (nSPS) is 13.8. The second-order valence-electron chi connectivity index (χ2n) is 9.60. The van der Waals surface area contributed by atoms with E-state index in [1.807, 2.05) is 71.6 Å². The molecule has 40 heavy (non-hydrogen) atoms. The van der Waals surface area contributed by atoms with Crippen LogP contribution in [0, 0.1) is 0 Å². The molecule has 2 aromatic carbocycles. The molecule has 1 aliphatic heterocycles. The third-order valence-electron chi connectivity index (χ3n) is 6.86. The zero-order valence-corrected chi connectivity index (χ0v) is 22.7. The number of thiazole rings is 1. The number of carbonyl (C=O) groups is 2. The standard InChI is InChI=1S/C30H27N7O2S/c1-19(38)37-16-13-21(14-17-37)32-26-18-25(33-27(36-26)20-8-3-2-4-9-20)28(39)34-23-11-6-5-10-22(23)29-35-24-12-7-15-31-30(24)40-29/h2-12,15,18,21H,13-14,16-17H2,1H3,(H,34,39)(H,32,33,36). The van der Waals surface area contributed by atoms with E-state index < -0.39 is 0 Å². The minimum absolute atomic E-state index is 0.0909. The smallest absolute Gasteiger partial charge is 0.274 e. The van der Waals surface area contributed by atoms with Gasteiger partial charge in [0.1, 0.15) is 26.9 Å². The Morgan fingerprint density at radius 2 is 1.70 bits per heavy atom. The van der Waals surface area contributed by atoms with Crippen molar-refractivity contribution in [2.45, 2.75) is 25.8 Å². The van der Waals surface area contributed by atoms with Crippen LogP contribution < -0.4 is 10.6 Å². The fraction of sp³-hybridized carbons (Fsp3) is 0.200. The molecule has 0 bridgehead atoms. The second kappa shape index (κ2) is 11.2. The molecule has 3 aromatic heterocycles. The SMILES string of the molecule is CC(=O)N1CCC(Nc2cc(C(=O)Nc3ccccc3-c3nc4cccnc4s3)nc(-c3ccccc3)n2)CC1. The first-order valence-corrected chi connectivity index (χ1v) is 13.9. The Kier molecular flexibility index (Phi) is 7.15. The molecule has 0 aliphatic carbocycles. The molecular formula is C30H27N7O2S. The second-order valence-corrected chi connectivity index (χ2v) is 10.6. The molecule has 10 heteroatoms. The van der Waals surface area contributed by atoms with Crippen LogP contribution in [0.2, 0.25) is 0 Å². The van der Waals surface area contributed by atoms with Gasteiger partial charge in [0, 0.05) is 49.4 Å². The van der Waals surface area contributed by atoms with E-state index in [1.165, 1.54) is 11.3 Å². The van der Waals surface area contributed by atoms with Gasteiger partial charge < -0.3 is 15.5 Å². The first kappa shape index (κ1) is 25.6. The number of nitrogens with zero attached hydrogens (tertiary/aromatic N) is 5. The minimum Gasteiger partial charge on any atom is -0.367 e. The summed E-state index contributed by atoms with van der Waals surface area (Å²) in [6.45, 7) is 2.98. The van der Waals surface area contributed by atoms with Crippen molar-refractivity contribution in [2.24, 2.45) is 0 Å². The number of nitrogens with one attached hydrogen (secondary N) is 2. The first-order valence-electron chi connectivity index (χ1n) is 13.1. The summed E-state index contributed by atoms with van der Waals surface area (Å²) in [6, 6.07) is 22.8. The van der Waals surface area contributed by atoms with Gasteiger partial charge in [-0.3, -0.25) is 9.59 Å². The highest BCUT2D eigenvalue weighted by atomic mass is 32.1. The van der Waals surface area contributed by atoms with Gasteiger partial charge in [-0.2, -0.15) is 0 Å². The number of anilines is 2. The highest BCUT2D eigenvalue weighted by Crippen LogP contribution is 2.34. The van der Waals surface area contributed by atoms with Gasteiger partial charge in [-0.25, -0.2) is 19.9 Å². The van der Waals surface area contributed by atoms with Gasteiger partial charge in [0.25, 0.3) is 5.91 Å². The quantitative estimate of drug-likeness (QED) is 0.288. The number of likely N-dealkylation sites (tertiary alicyclic amines) is 1. The molecule has 200 valence electrons. The molecule has 2 amide bonds. The molecule has 6 rings (SSSR count). The topological polar surface area (TPSA) is 113 Å². The number of piperidine rings is 1. The van der Waals surface area contributed by atoms with E-state index in [4.69, 9.17) is 9.97 Å². The van der Waals surface area contributed by atoms with Crippen LogP contribution in [0.3, 0.4) is 0 Å². The summed E-state index contributed by atoms with van der Waals surface area (Å²) in [5, 5.41) is 7.29. The van der Waals surface area contributed by atoms with Crippen molar-refractivity contribution < 1.29 is 9.59 Å². The fourth-order valence-electron chi connectivity index (χ4n) is 4.75. The average Bonchev–Trinajstić information content (AvgIpc) is 3.42. The molecule has 4 heterocycles. The van der Waals surface area contributed by atoms with Crippen molar-refractivity contribution >= 4 is 45.0 Å². The van der Waals surface area contributed by atoms with E-state index in [-0.39, 0.29) is 23.6 Å². The van der Waals surface area contributed by atoms with Gasteiger partial charge in [0.15, 0.2) is 5.82 Å². The molecule has 0 atom stereocenters. The van der Waals surface area contributed by atoms with Crippen LogP contribution in [0.5, 0.6) is 0 Å². The Bertz CT molecular complexity index is 1650. The number of hydrogen-bond donors (Lipinski definition) is 2. The highest BCUT2D eigenvalue weighted by Gasteiger charge is 2.22. The van der Waals surface area contributed by atoms with Crippen molar-refractivity contribution in [3.05, 3.63) is 84.7 Å². The summed E-state index contributed by atoms with van der Waals surface area (Å²) >= 11 is 1.48. The third kappa shape index (κ3) is 5.52. The van der Waals surface area contributed by atoms with Crippen molar-refractivity contribution in [3.63, 3.8) is 0 Å². The number of benzene rings is 2. The minimum atomic E-state index is -0.347. The number of aromatic nitrogens is 4. The van der Waals surface area contributed by atoms with Crippen LogP contribution in [0.25, 0.3) is 32.3 Å². The Hall–Kier alpha value is -4.70. The van der Waals surface area contributed by atoms with Crippen LogP contribution >= 0.6 is 11.3 Å². The molecule has 0 saturated carbocycles. The average molecular weight is 550 g/mol. The number of fused-ring (bicyclic) bond motifs is 1. The third-order valence-corrected chi connectivity index (χ3v) is 7.87. The molecule has 9 nitrogen and oxygen atoms in total. The zero-order chi connectivity index (χ0) is 27.5. The molecule has 1 aliphatic rings. The van der Waals surface area contributed by atoms with Crippen molar-refractivity contribution in [1.82, 2.24) is 24.8 Å². The number of pyridine rings is 1. The number of para-hydroxylation sites is 1. The number of carbonyl (C=O) groups excluding carboxylic acids is 2. The Labute approximate surface area is 235 Å². The lowest BCUT2D eigenvalue weighted by Crippen LogP contribution is -2.41. The lowest BCUT2D eigenvalue weighted by molar-refractivity contribution is -0.129. The fourth-order valence-corrected chi connectivity index (χ4v) is 5.70. The molecular weight excluding hydrogens is 522 g/mol. The van der Waals surface area contributed by atoms with E-state index >= 15 is 0 Å². The summed E-state index contributed by atoms with van der Waals surface area (Å²) < 4.78 is 0.